The van der Waals surface area contributed by atoms with Gasteiger partial charge in [0.1, 0.15) is 6.04 Å². The molecule has 0 radical (unpaired) electrons. The quantitative estimate of drug-likeness (QED) is 0.394. The van der Waals surface area contributed by atoms with Gasteiger partial charge in [-0.2, -0.15) is 0 Å². The van der Waals surface area contributed by atoms with Gasteiger partial charge in [-0.05, 0) is 6.92 Å². The Morgan fingerprint density at radius 3 is 2.46 bits per heavy atom. The molecule has 0 rings (SSSR count). The number of carbonyl (C=O) groups excluding carboxylic acids is 1. The van der Waals surface area contributed by atoms with Crippen molar-refractivity contribution in [3.05, 3.63) is 0 Å². The van der Waals surface area contributed by atoms with Gasteiger partial charge in [-0.15, -0.1) is 0 Å². The highest BCUT2D eigenvalue weighted by Crippen LogP contribution is 1.80. The van der Waals surface area contributed by atoms with Crippen LogP contribution in [-0.4, -0.2) is 47.8 Å². The van der Waals surface area contributed by atoms with E-state index in [1.807, 2.05) is 0 Å². The number of carbonyl (C=O) groups is 2. The second-order valence-corrected chi connectivity index (χ2v) is 2.41. The summed E-state index contributed by atoms with van der Waals surface area (Å²) >= 11 is 0. The molecule has 0 heterocycles. The molecule has 76 valence electrons. The summed E-state index contributed by atoms with van der Waals surface area (Å²) in [5.41, 5.74) is 0. The van der Waals surface area contributed by atoms with Crippen LogP contribution in [0.5, 0.6) is 0 Å². The minimum Gasteiger partial charge on any atom is -0.480 e. The highest BCUT2D eigenvalue weighted by Gasteiger charge is 2.15. The van der Waals surface area contributed by atoms with Gasteiger partial charge < -0.3 is 15.5 Å². The monoisotopic (exact) mass is 190 g/mol. The van der Waals surface area contributed by atoms with Crippen LogP contribution >= 0.6 is 0 Å². The smallest absolute Gasteiger partial charge is 0.323 e. The maximum Gasteiger partial charge on any atom is 0.323 e. The summed E-state index contributed by atoms with van der Waals surface area (Å²) in [6.45, 7) is 1.62. The Morgan fingerprint density at radius 1 is 1.46 bits per heavy atom. The van der Waals surface area contributed by atoms with Gasteiger partial charge in [0, 0.05) is 6.54 Å². The molecule has 13 heavy (non-hydrogen) atoms. The third-order valence-electron chi connectivity index (χ3n) is 1.36. The zero-order valence-electron chi connectivity index (χ0n) is 7.41. The van der Waals surface area contributed by atoms with E-state index in [-0.39, 0.29) is 12.5 Å². The van der Waals surface area contributed by atoms with Crippen molar-refractivity contribution in [2.24, 2.45) is 0 Å². The number of aliphatic hydroxyl groups is 1. The maximum atomic E-state index is 10.8. The molecule has 1 amide bonds. The van der Waals surface area contributed by atoms with E-state index in [0.717, 1.165) is 0 Å². The van der Waals surface area contributed by atoms with Gasteiger partial charge in [-0.3, -0.25) is 14.9 Å². The molecule has 0 saturated heterocycles. The van der Waals surface area contributed by atoms with Crippen LogP contribution < -0.4 is 10.6 Å². The largest absolute Gasteiger partial charge is 0.480 e. The van der Waals surface area contributed by atoms with Crippen LogP contribution in [0.4, 0.5) is 0 Å². The minimum atomic E-state index is -1.17. The van der Waals surface area contributed by atoms with Gasteiger partial charge in [0.15, 0.2) is 0 Å². The summed E-state index contributed by atoms with van der Waals surface area (Å²) in [7, 11) is 0. The van der Waals surface area contributed by atoms with Crippen LogP contribution in [-0.2, 0) is 9.59 Å². The van der Waals surface area contributed by atoms with Crippen molar-refractivity contribution in [2.45, 2.75) is 13.0 Å². The maximum absolute atomic E-state index is 10.8. The lowest BCUT2D eigenvalue weighted by Gasteiger charge is -2.10. The molecule has 6 heteroatoms. The Bertz CT molecular complexity index is 183. The molecule has 0 aliphatic rings. The van der Waals surface area contributed by atoms with Gasteiger partial charge >= 0.3 is 5.97 Å². The first kappa shape index (κ1) is 11.9. The van der Waals surface area contributed by atoms with E-state index < -0.39 is 18.6 Å². The van der Waals surface area contributed by atoms with Gasteiger partial charge in [-0.1, -0.05) is 0 Å². The highest BCUT2D eigenvalue weighted by molar-refractivity contribution is 5.79. The molecule has 6 nitrogen and oxygen atoms in total. The van der Waals surface area contributed by atoms with Crippen molar-refractivity contribution in [1.29, 1.82) is 0 Å². The predicted octanol–water partition coefficient (Wildman–Crippen LogP) is -1.84. The summed E-state index contributed by atoms with van der Waals surface area (Å²) in [6.07, 6.45) is 0. The zero-order chi connectivity index (χ0) is 10.3. The van der Waals surface area contributed by atoms with Gasteiger partial charge in [0.25, 0.3) is 0 Å². The molecule has 4 N–H and O–H groups in total. The number of hydrogen-bond donors (Lipinski definition) is 4. The molecule has 0 bridgehead atoms. The molecule has 0 fully saturated rings. The lowest BCUT2D eigenvalue weighted by molar-refractivity contribution is -0.140. The molecule has 0 aromatic heterocycles. The average molecular weight is 190 g/mol. The molecule has 0 unspecified atom stereocenters. The van der Waals surface area contributed by atoms with Crippen molar-refractivity contribution in [1.82, 2.24) is 10.6 Å². The van der Waals surface area contributed by atoms with E-state index in [0.29, 0.717) is 6.54 Å². The molecule has 0 aliphatic carbocycles. The Labute approximate surface area is 75.9 Å². The molecular weight excluding hydrogens is 176 g/mol. The minimum absolute atomic E-state index is 0.106. The third kappa shape index (κ3) is 5.15. The summed E-state index contributed by atoms with van der Waals surface area (Å²) < 4.78 is 0. The Hall–Kier alpha value is -1.14. The number of nitrogens with one attached hydrogen (secondary N) is 2. The zero-order valence-corrected chi connectivity index (χ0v) is 7.41. The van der Waals surface area contributed by atoms with E-state index in [4.69, 9.17) is 10.2 Å². The first-order valence-electron chi connectivity index (χ1n) is 3.95. The van der Waals surface area contributed by atoms with Crippen molar-refractivity contribution in [3.63, 3.8) is 0 Å². The second kappa shape index (κ2) is 6.38. The van der Waals surface area contributed by atoms with Crippen molar-refractivity contribution < 1.29 is 19.8 Å². The fourth-order valence-corrected chi connectivity index (χ4v) is 0.706. The first-order valence-corrected chi connectivity index (χ1v) is 3.95. The third-order valence-corrected chi connectivity index (χ3v) is 1.36. The summed E-state index contributed by atoms with van der Waals surface area (Å²) in [5, 5.41) is 21.9. The number of carboxylic acid groups (broad SMARTS) is 1. The molecule has 1 atom stereocenters. The fourth-order valence-electron chi connectivity index (χ4n) is 0.706. The SMILES string of the molecule is CCNC(=O)CN[C@@H](CO)C(=O)O. The van der Waals surface area contributed by atoms with E-state index >= 15 is 0 Å². The normalized spacial score (nSPS) is 12.2. The molecule has 0 spiro atoms. The van der Waals surface area contributed by atoms with E-state index in [1.165, 1.54) is 0 Å². The molecule has 0 aliphatic heterocycles. The Morgan fingerprint density at radius 2 is 2.08 bits per heavy atom. The Balaban J connectivity index is 3.72. The first-order chi connectivity index (χ1) is 6.11. The second-order valence-electron chi connectivity index (χ2n) is 2.41. The molecular formula is C7H14N2O4. The number of hydrogen-bond acceptors (Lipinski definition) is 4. The number of amides is 1. The van der Waals surface area contributed by atoms with Crippen molar-refractivity contribution in [2.75, 3.05) is 19.7 Å². The van der Waals surface area contributed by atoms with Crippen LogP contribution in [0.1, 0.15) is 6.92 Å². The van der Waals surface area contributed by atoms with Gasteiger partial charge in [0.05, 0.1) is 13.2 Å². The number of aliphatic hydroxyl groups excluding tert-OH is 1. The molecule has 0 saturated carbocycles. The fraction of sp³-hybridized carbons (Fsp3) is 0.714. The lowest BCUT2D eigenvalue weighted by atomic mass is 10.3. The van der Waals surface area contributed by atoms with Crippen molar-refractivity contribution in [3.8, 4) is 0 Å². The number of likely N-dealkylation sites (N-methyl/N-ethyl adjacent to an activating group) is 1. The number of carboxylic acids is 1. The van der Waals surface area contributed by atoms with Gasteiger partial charge in [0.2, 0.25) is 5.91 Å². The molecule has 0 aromatic rings. The van der Waals surface area contributed by atoms with Gasteiger partial charge in [-0.25, -0.2) is 0 Å². The predicted molar refractivity (Wildman–Crippen MR) is 45.2 cm³/mol. The molecule has 0 aromatic carbocycles. The van der Waals surface area contributed by atoms with Crippen LogP contribution in [0.2, 0.25) is 0 Å². The highest BCUT2D eigenvalue weighted by atomic mass is 16.4. The van der Waals surface area contributed by atoms with E-state index in [2.05, 4.69) is 10.6 Å². The van der Waals surface area contributed by atoms with E-state index in [9.17, 15) is 9.59 Å². The van der Waals surface area contributed by atoms with Crippen LogP contribution in [0.15, 0.2) is 0 Å². The summed E-state index contributed by atoms with van der Waals surface area (Å²) in [6, 6.07) is -1.08. The Kier molecular flexibility index (Phi) is 5.82. The topological polar surface area (TPSA) is 98.7 Å². The van der Waals surface area contributed by atoms with Crippen LogP contribution in [0.3, 0.4) is 0 Å². The summed E-state index contributed by atoms with van der Waals surface area (Å²) in [4.78, 5) is 21.2. The van der Waals surface area contributed by atoms with E-state index in [1.54, 1.807) is 6.92 Å². The number of aliphatic carboxylic acids is 1. The van der Waals surface area contributed by atoms with Crippen LogP contribution in [0.25, 0.3) is 0 Å². The number of rotatable bonds is 6. The standard InChI is InChI=1S/C7H14N2O4/c1-2-8-6(11)3-9-5(4-10)7(12)13/h5,9-10H,2-4H2,1H3,(H,8,11)(H,12,13)/t5-/m0/s1. The van der Waals surface area contributed by atoms with Crippen LogP contribution in [0, 0.1) is 0 Å². The average Bonchev–Trinajstić information content (AvgIpc) is 2.05. The summed E-state index contributed by atoms with van der Waals surface area (Å²) in [5.74, 6) is -1.46. The lowest BCUT2D eigenvalue weighted by Crippen LogP contribution is -2.45. The van der Waals surface area contributed by atoms with Crippen molar-refractivity contribution >= 4 is 11.9 Å².